The van der Waals surface area contributed by atoms with E-state index in [-0.39, 0.29) is 22.7 Å². The van der Waals surface area contributed by atoms with Crippen LogP contribution in [0, 0.1) is 0 Å². The van der Waals surface area contributed by atoms with Gasteiger partial charge in [-0.15, -0.1) is 0 Å². The van der Waals surface area contributed by atoms with Gasteiger partial charge in [0.1, 0.15) is 5.15 Å². The highest BCUT2D eigenvalue weighted by molar-refractivity contribution is 7.99. The highest BCUT2D eigenvalue weighted by atomic mass is 35.5. The standard InChI is InChI=1S/C11H14Cl2N2O2S/c12-9-6-8(7-15-10(9)13)11(17)14-2-5-18-4-1-3-16/h6-7,16H,1-5H2,(H,14,17). The summed E-state index contributed by atoms with van der Waals surface area (Å²) in [6, 6.07) is 1.49. The molecule has 0 saturated carbocycles. The maximum atomic E-state index is 11.7. The van der Waals surface area contributed by atoms with Crippen molar-refractivity contribution in [2.75, 3.05) is 24.7 Å². The molecule has 0 atom stereocenters. The molecule has 1 aromatic rings. The average Bonchev–Trinajstić information content (AvgIpc) is 2.36. The molecule has 100 valence electrons. The second kappa shape index (κ2) is 8.58. The summed E-state index contributed by atoms with van der Waals surface area (Å²) in [5.41, 5.74) is 0.393. The molecule has 0 radical (unpaired) electrons. The molecule has 1 rings (SSSR count). The molecule has 0 fully saturated rings. The van der Waals surface area contributed by atoms with Gasteiger partial charge in [-0.25, -0.2) is 4.98 Å². The zero-order valence-corrected chi connectivity index (χ0v) is 12.0. The van der Waals surface area contributed by atoms with E-state index in [0.29, 0.717) is 12.1 Å². The van der Waals surface area contributed by atoms with Gasteiger partial charge in [-0.3, -0.25) is 4.79 Å². The Bertz CT molecular complexity index is 405. The number of carbonyl (C=O) groups is 1. The SMILES string of the molecule is O=C(NCCSCCCO)c1cnc(Cl)c(Cl)c1. The number of aromatic nitrogens is 1. The number of nitrogens with one attached hydrogen (secondary N) is 1. The maximum absolute atomic E-state index is 11.7. The summed E-state index contributed by atoms with van der Waals surface area (Å²) in [6.07, 6.45) is 2.16. The Hall–Kier alpha value is -0.490. The van der Waals surface area contributed by atoms with Crippen molar-refractivity contribution in [1.29, 1.82) is 0 Å². The van der Waals surface area contributed by atoms with Crippen LogP contribution < -0.4 is 5.32 Å². The van der Waals surface area contributed by atoms with Gasteiger partial charge in [0.2, 0.25) is 0 Å². The van der Waals surface area contributed by atoms with Gasteiger partial charge in [0, 0.05) is 25.1 Å². The molecule has 0 spiro atoms. The van der Waals surface area contributed by atoms with Crippen LogP contribution in [0.5, 0.6) is 0 Å². The van der Waals surface area contributed by atoms with Crippen LogP contribution in [0.2, 0.25) is 10.2 Å². The molecule has 0 aliphatic heterocycles. The first-order valence-corrected chi connectivity index (χ1v) is 7.34. The highest BCUT2D eigenvalue weighted by Crippen LogP contribution is 2.19. The predicted molar refractivity (Wildman–Crippen MR) is 75.6 cm³/mol. The second-order valence-corrected chi connectivity index (χ2v) is 5.43. The van der Waals surface area contributed by atoms with Gasteiger partial charge in [-0.2, -0.15) is 11.8 Å². The summed E-state index contributed by atoms with van der Waals surface area (Å²) in [5, 5.41) is 11.8. The monoisotopic (exact) mass is 308 g/mol. The Balaban J connectivity index is 2.30. The lowest BCUT2D eigenvalue weighted by atomic mass is 10.3. The van der Waals surface area contributed by atoms with Crippen molar-refractivity contribution in [3.63, 3.8) is 0 Å². The number of hydrogen-bond donors (Lipinski definition) is 2. The van der Waals surface area contributed by atoms with Crippen molar-refractivity contribution in [3.8, 4) is 0 Å². The number of pyridine rings is 1. The minimum atomic E-state index is -0.219. The fourth-order valence-corrected chi connectivity index (χ4v) is 2.21. The summed E-state index contributed by atoms with van der Waals surface area (Å²) in [4.78, 5) is 15.5. The normalized spacial score (nSPS) is 10.4. The van der Waals surface area contributed by atoms with E-state index in [1.165, 1.54) is 12.3 Å². The van der Waals surface area contributed by atoms with E-state index in [4.69, 9.17) is 28.3 Å². The fraction of sp³-hybridized carbons (Fsp3) is 0.455. The van der Waals surface area contributed by atoms with E-state index < -0.39 is 0 Å². The number of carbonyl (C=O) groups excluding carboxylic acids is 1. The molecule has 2 N–H and O–H groups in total. The van der Waals surface area contributed by atoms with Crippen LogP contribution in [0.25, 0.3) is 0 Å². The van der Waals surface area contributed by atoms with E-state index in [1.54, 1.807) is 11.8 Å². The number of amides is 1. The van der Waals surface area contributed by atoms with Crippen molar-refractivity contribution >= 4 is 40.9 Å². The third-order valence-corrected chi connectivity index (χ3v) is 3.79. The van der Waals surface area contributed by atoms with Gasteiger partial charge in [-0.1, -0.05) is 23.2 Å². The molecule has 0 saturated heterocycles. The van der Waals surface area contributed by atoms with Crippen LogP contribution in [0.3, 0.4) is 0 Å². The molecule has 1 amide bonds. The third kappa shape index (κ3) is 5.44. The van der Waals surface area contributed by atoms with Gasteiger partial charge in [0.05, 0.1) is 10.6 Å². The number of nitrogens with zero attached hydrogens (tertiary/aromatic N) is 1. The first-order chi connectivity index (χ1) is 8.65. The van der Waals surface area contributed by atoms with Crippen LogP contribution in [0.4, 0.5) is 0 Å². The number of rotatable bonds is 7. The molecule has 0 aromatic carbocycles. The van der Waals surface area contributed by atoms with Crippen molar-refractivity contribution in [1.82, 2.24) is 10.3 Å². The number of halogens is 2. The van der Waals surface area contributed by atoms with Gasteiger partial charge >= 0.3 is 0 Å². The number of thioether (sulfide) groups is 1. The van der Waals surface area contributed by atoms with Crippen LogP contribution >= 0.6 is 35.0 Å². The number of hydrogen-bond acceptors (Lipinski definition) is 4. The van der Waals surface area contributed by atoms with E-state index in [1.807, 2.05) is 0 Å². The summed E-state index contributed by atoms with van der Waals surface area (Å²) in [7, 11) is 0. The zero-order valence-electron chi connectivity index (χ0n) is 9.66. The quantitative estimate of drug-likeness (QED) is 0.599. The largest absolute Gasteiger partial charge is 0.396 e. The highest BCUT2D eigenvalue weighted by Gasteiger charge is 2.08. The molecule has 1 heterocycles. The molecule has 0 unspecified atom stereocenters. The Morgan fingerprint density at radius 2 is 2.22 bits per heavy atom. The van der Waals surface area contributed by atoms with E-state index in [9.17, 15) is 4.79 Å². The lowest BCUT2D eigenvalue weighted by Gasteiger charge is -2.05. The smallest absolute Gasteiger partial charge is 0.252 e. The van der Waals surface area contributed by atoms with Crippen LogP contribution in [0.1, 0.15) is 16.8 Å². The van der Waals surface area contributed by atoms with Gasteiger partial charge in [0.15, 0.2) is 0 Å². The molecule has 4 nitrogen and oxygen atoms in total. The van der Waals surface area contributed by atoms with Gasteiger partial charge in [-0.05, 0) is 18.2 Å². The Labute approximate surface area is 120 Å². The zero-order chi connectivity index (χ0) is 13.4. The minimum Gasteiger partial charge on any atom is -0.396 e. The second-order valence-electron chi connectivity index (χ2n) is 3.44. The molecular formula is C11H14Cl2N2O2S. The first kappa shape index (κ1) is 15.6. The summed E-state index contributed by atoms with van der Waals surface area (Å²) in [5.74, 6) is 1.48. The fourth-order valence-electron chi connectivity index (χ4n) is 1.15. The molecule has 0 aliphatic rings. The van der Waals surface area contributed by atoms with Crippen molar-refractivity contribution < 1.29 is 9.90 Å². The average molecular weight is 309 g/mol. The predicted octanol–water partition coefficient (Wildman–Crippen LogP) is 2.23. The number of aliphatic hydroxyl groups is 1. The van der Waals surface area contributed by atoms with Gasteiger partial charge in [0.25, 0.3) is 5.91 Å². The molecule has 0 bridgehead atoms. The third-order valence-electron chi connectivity index (χ3n) is 2.04. The minimum absolute atomic E-state index is 0.188. The van der Waals surface area contributed by atoms with Crippen molar-refractivity contribution in [3.05, 3.63) is 28.0 Å². The molecule has 7 heteroatoms. The lowest BCUT2D eigenvalue weighted by molar-refractivity contribution is 0.0956. The van der Waals surface area contributed by atoms with Crippen LogP contribution in [-0.2, 0) is 0 Å². The van der Waals surface area contributed by atoms with E-state index in [2.05, 4.69) is 10.3 Å². The van der Waals surface area contributed by atoms with Crippen molar-refractivity contribution in [2.24, 2.45) is 0 Å². The number of aliphatic hydroxyl groups excluding tert-OH is 1. The topological polar surface area (TPSA) is 62.2 Å². The van der Waals surface area contributed by atoms with E-state index >= 15 is 0 Å². The molecule has 1 aromatic heterocycles. The lowest BCUT2D eigenvalue weighted by Crippen LogP contribution is -2.26. The van der Waals surface area contributed by atoms with Gasteiger partial charge < -0.3 is 10.4 Å². The summed E-state index contributed by atoms with van der Waals surface area (Å²) >= 11 is 13.1. The van der Waals surface area contributed by atoms with E-state index in [0.717, 1.165) is 17.9 Å². The molecular weight excluding hydrogens is 295 g/mol. The molecule has 18 heavy (non-hydrogen) atoms. The maximum Gasteiger partial charge on any atom is 0.252 e. The molecule has 0 aliphatic carbocycles. The Morgan fingerprint density at radius 1 is 1.44 bits per heavy atom. The van der Waals surface area contributed by atoms with Crippen molar-refractivity contribution in [2.45, 2.75) is 6.42 Å². The van der Waals surface area contributed by atoms with Crippen LogP contribution in [-0.4, -0.2) is 40.7 Å². The Kier molecular flexibility index (Phi) is 7.42. The first-order valence-electron chi connectivity index (χ1n) is 5.43. The van der Waals surface area contributed by atoms with Crippen LogP contribution in [0.15, 0.2) is 12.3 Å². The summed E-state index contributed by atoms with van der Waals surface area (Å²) in [6.45, 7) is 0.767. The summed E-state index contributed by atoms with van der Waals surface area (Å²) < 4.78 is 0. The Morgan fingerprint density at radius 3 is 2.89 bits per heavy atom.